The van der Waals surface area contributed by atoms with Crippen LogP contribution in [0.2, 0.25) is 0 Å². The first-order valence-corrected chi connectivity index (χ1v) is 4.23. The third-order valence-electron chi connectivity index (χ3n) is 1.82. The maximum atomic E-state index is 10.9. The van der Waals surface area contributed by atoms with Gasteiger partial charge in [0.1, 0.15) is 11.5 Å². The largest absolute Gasteiger partial charge is 0.507 e. The molecule has 80 valence electrons. The molecule has 5 heteroatoms. The lowest BCUT2D eigenvalue weighted by Gasteiger charge is -2.11. The number of aromatic hydroxyl groups is 1. The Morgan fingerprint density at radius 3 is 2.67 bits per heavy atom. The topological polar surface area (TPSA) is 75.6 Å². The second-order valence-electron chi connectivity index (χ2n) is 2.87. The molecular formula is C10H11NO4. The van der Waals surface area contributed by atoms with Crippen molar-refractivity contribution in [2.24, 2.45) is 0 Å². The van der Waals surface area contributed by atoms with Gasteiger partial charge in [-0.3, -0.25) is 9.59 Å². The number of amides is 1. The summed E-state index contributed by atoms with van der Waals surface area (Å²) in [5.74, 6) is -0.221. The van der Waals surface area contributed by atoms with Crippen LogP contribution in [-0.4, -0.2) is 24.4 Å². The quantitative estimate of drug-likeness (QED) is 0.733. The van der Waals surface area contributed by atoms with Crippen molar-refractivity contribution in [1.82, 2.24) is 0 Å². The summed E-state index contributed by atoms with van der Waals surface area (Å²) in [5.41, 5.74) is 0.185. The zero-order valence-corrected chi connectivity index (χ0v) is 8.40. The van der Waals surface area contributed by atoms with Crippen molar-refractivity contribution < 1.29 is 19.4 Å². The fourth-order valence-corrected chi connectivity index (χ4v) is 1.18. The zero-order chi connectivity index (χ0) is 11.4. The summed E-state index contributed by atoms with van der Waals surface area (Å²) in [6, 6.07) is 2.79. The first kappa shape index (κ1) is 11.0. The maximum Gasteiger partial charge on any atom is 0.221 e. The van der Waals surface area contributed by atoms with E-state index in [1.54, 1.807) is 0 Å². The van der Waals surface area contributed by atoms with Crippen molar-refractivity contribution in [3.63, 3.8) is 0 Å². The molecule has 0 aliphatic heterocycles. The van der Waals surface area contributed by atoms with Crippen molar-refractivity contribution in [2.75, 3.05) is 12.4 Å². The number of benzene rings is 1. The Balaban J connectivity index is 3.33. The van der Waals surface area contributed by atoms with Crippen LogP contribution in [0, 0.1) is 0 Å². The van der Waals surface area contributed by atoms with Crippen molar-refractivity contribution in [2.45, 2.75) is 6.92 Å². The van der Waals surface area contributed by atoms with E-state index in [2.05, 4.69) is 5.32 Å². The number of aldehydes is 1. The normalized spacial score (nSPS) is 9.47. The number of methoxy groups -OCH3 is 1. The van der Waals surface area contributed by atoms with Crippen LogP contribution in [0.5, 0.6) is 11.5 Å². The Morgan fingerprint density at radius 2 is 2.20 bits per heavy atom. The summed E-state index contributed by atoms with van der Waals surface area (Å²) in [6.07, 6.45) is 0.461. The lowest BCUT2D eigenvalue weighted by atomic mass is 10.1. The highest BCUT2D eigenvalue weighted by Gasteiger charge is 2.13. The fraction of sp³-hybridized carbons (Fsp3) is 0.200. The van der Waals surface area contributed by atoms with Gasteiger partial charge in [0.25, 0.3) is 0 Å². The van der Waals surface area contributed by atoms with Crippen molar-refractivity contribution in [3.05, 3.63) is 17.7 Å². The Kier molecular flexibility index (Phi) is 3.28. The Bertz CT molecular complexity index is 401. The van der Waals surface area contributed by atoms with Crippen molar-refractivity contribution in [1.29, 1.82) is 0 Å². The van der Waals surface area contributed by atoms with Crippen LogP contribution in [0.25, 0.3) is 0 Å². The van der Waals surface area contributed by atoms with Crippen LogP contribution >= 0.6 is 0 Å². The van der Waals surface area contributed by atoms with Crippen LogP contribution in [0.3, 0.4) is 0 Å². The molecule has 1 amide bonds. The van der Waals surface area contributed by atoms with E-state index < -0.39 is 0 Å². The predicted molar refractivity (Wildman–Crippen MR) is 54.4 cm³/mol. The van der Waals surface area contributed by atoms with Gasteiger partial charge < -0.3 is 15.2 Å². The van der Waals surface area contributed by atoms with E-state index >= 15 is 0 Å². The number of carbonyl (C=O) groups excluding carboxylic acids is 2. The number of phenolic OH excluding ortho intramolecular Hbond substituents is 1. The number of ether oxygens (including phenoxy) is 1. The number of hydrogen-bond acceptors (Lipinski definition) is 4. The molecule has 5 nitrogen and oxygen atoms in total. The molecule has 0 radical (unpaired) electrons. The molecule has 1 aromatic rings. The molecule has 0 unspecified atom stereocenters. The number of rotatable bonds is 3. The average Bonchev–Trinajstić information content (AvgIpc) is 2.18. The Morgan fingerprint density at radius 1 is 1.53 bits per heavy atom. The zero-order valence-electron chi connectivity index (χ0n) is 8.40. The minimum absolute atomic E-state index is 0.00421. The van der Waals surface area contributed by atoms with Gasteiger partial charge in [0.2, 0.25) is 5.91 Å². The highest BCUT2D eigenvalue weighted by atomic mass is 16.5. The van der Waals surface area contributed by atoms with E-state index in [0.29, 0.717) is 12.0 Å². The summed E-state index contributed by atoms with van der Waals surface area (Å²) in [5, 5.41) is 11.8. The van der Waals surface area contributed by atoms with Crippen molar-refractivity contribution in [3.8, 4) is 11.5 Å². The molecule has 0 spiro atoms. The number of hydrogen-bond donors (Lipinski definition) is 2. The minimum atomic E-state index is -0.345. The first-order valence-electron chi connectivity index (χ1n) is 4.23. The number of carbonyl (C=O) groups is 2. The molecule has 0 saturated heterocycles. The summed E-state index contributed by atoms with van der Waals surface area (Å²) < 4.78 is 4.96. The lowest BCUT2D eigenvalue weighted by Crippen LogP contribution is -2.09. The van der Waals surface area contributed by atoms with Gasteiger partial charge in [0.05, 0.1) is 18.4 Å². The second-order valence-corrected chi connectivity index (χ2v) is 2.87. The molecule has 0 aliphatic rings. The van der Waals surface area contributed by atoms with Gasteiger partial charge in [-0.15, -0.1) is 0 Å². The van der Waals surface area contributed by atoms with Crippen LogP contribution in [0.4, 0.5) is 5.69 Å². The smallest absolute Gasteiger partial charge is 0.221 e. The van der Waals surface area contributed by atoms with E-state index in [0.717, 1.165) is 0 Å². The SMILES string of the molecule is COc1ccc(O)c(C=O)c1NC(C)=O. The van der Waals surface area contributed by atoms with Crippen LogP contribution < -0.4 is 10.1 Å². The average molecular weight is 209 g/mol. The van der Waals surface area contributed by atoms with Crippen LogP contribution in [0.15, 0.2) is 12.1 Å². The van der Waals surface area contributed by atoms with Gasteiger partial charge in [-0.2, -0.15) is 0 Å². The van der Waals surface area contributed by atoms with E-state index in [9.17, 15) is 14.7 Å². The third-order valence-corrected chi connectivity index (χ3v) is 1.82. The Labute approximate surface area is 86.7 Å². The minimum Gasteiger partial charge on any atom is -0.507 e. The maximum absolute atomic E-state index is 10.9. The molecular weight excluding hydrogens is 198 g/mol. The molecule has 1 rings (SSSR count). The molecule has 0 saturated carbocycles. The van der Waals surface area contributed by atoms with E-state index in [1.165, 1.54) is 26.2 Å². The summed E-state index contributed by atoms with van der Waals surface area (Å²) in [6.45, 7) is 1.30. The molecule has 15 heavy (non-hydrogen) atoms. The molecule has 0 bridgehead atoms. The van der Waals surface area contributed by atoms with Crippen LogP contribution in [0.1, 0.15) is 17.3 Å². The molecule has 0 aromatic heterocycles. The number of phenols is 1. The first-order chi connectivity index (χ1) is 7.10. The van der Waals surface area contributed by atoms with Gasteiger partial charge in [-0.05, 0) is 12.1 Å². The molecule has 0 fully saturated rings. The molecule has 0 aliphatic carbocycles. The summed E-state index contributed by atoms with van der Waals surface area (Å²) in [4.78, 5) is 21.6. The molecule has 2 N–H and O–H groups in total. The monoisotopic (exact) mass is 209 g/mol. The number of nitrogens with one attached hydrogen (secondary N) is 1. The van der Waals surface area contributed by atoms with E-state index in [4.69, 9.17) is 4.74 Å². The van der Waals surface area contributed by atoms with Gasteiger partial charge in [-0.25, -0.2) is 0 Å². The highest BCUT2D eigenvalue weighted by molar-refractivity contribution is 5.99. The van der Waals surface area contributed by atoms with Gasteiger partial charge in [0.15, 0.2) is 6.29 Å². The van der Waals surface area contributed by atoms with Crippen molar-refractivity contribution >= 4 is 17.9 Å². The predicted octanol–water partition coefficient (Wildman–Crippen LogP) is 1.17. The third kappa shape index (κ3) is 2.25. The summed E-state index contributed by atoms with van der Waals surface area (Å²) >= 11 is 0. The van der Waals surface area contributed by atoms with E-state index in [-0.39, 0.29) is 22.9 Å². The Hall–Kier alpha value is -2.04. The lowest BCUT2D eigenvalue weighted by molar-refractivity contribution is -0.114. The highest BCUT2D eigenvalue weighted by Crippen LogP contribution is 2.33. The molecule has 0 heterocycles. The summed E-state index contributed by atoms with van der Waals surface area (Å²) in [7, 11) is 1.41. The van der Waals surface area contributed by atoms with Gasteiger partial charge >= 0.3 is 0 Å². The standard InChI is InChI=1S/C10H11NO4/c1-6(13)11-10-7(5-12)8(14)3-4-9(10)15-2/h3-5,14H,1-2H3,(H,11,13). The van der Waals surface area contributed by atoms with E-state index in [1.807, 2.05) is 0 Å². The number of anilines is 1. The second kappa shape index (κ2) is 4.45. The van der Waals surface area contributed by atoms with Crippen LogP contribution in [-0.2, 0) is 4.79 Å². The van der Waals surface area contributed by atoms with Gasteiger partial charge in [0, 0.05) is 6.92 Å². The molecule has 1 aromatic carbocycles. The fourth-order valence-electron chi connectivity index (χ4n) is 1.18. The molecule has 0 atom stereocenters. The van der Waals surface area contributed by atoms with Gasteiger partial charge in [-0.1, -0.05) is 0 Å².